The summed E-state index contributed by atoms with van der Waals surface area (Å²) in [6.07, 6.45) is 1.61. The van der Waals surface area contributed by atoms with Crippen LogP contribution in [0.5, 0.6) is 5.75 Å². The van der Waals surface area contributed by atoms with Crippen molar-refractivity contribution in [3.8, 4) is 5.75 Å². The second kappa shape index (κ2) is 4.84. The molecule has 0 aliphatic carbocycles. The van der Waals surface area contributed by atoms with Crippen molar-refractivity contribution in [2.45, 2.75) is 31.4 Å². The van der Waals surface area contributed by atoms with Crippen LogP contribution in [0.15, 0.2) is 18.2 Å². The maximum atomic E-state index is 6.18. The van der Waals surface area contributed by atoms with Gasteiger partial charge >= 0.3 is 0 Å². The molecule has 0 amide bonds. The molecule has 1 aromatic rings. The lowest BCUT2D eigenvalue weighted by atomic mass is 9.87. The maximum Gasteiger partial charge on any atom is 0.125 e. The van der Waals surface area contributed by atoms with Gasteiger partial charge in [0.25, 0.3) is 0 Å². The summed E-state index contributed by atoms with van der Waals surface area (Å²) in [5, 5.41) is 0.697. The summed E-state index contributed by atoms with van der Waals surface area (Å²) < 4.78 is 11.1. The van der Waals surface area contributed by atoms with Crippen molar-refractivity contribution >= 4 is 11.6 Å². The molecule has 2 rings (SSSR count). The van der Waals surface area contributed by atoms with E-state index in [0.717, 1.165) is 24.2 Å². The third-order valence-corrected chi connectivity index (χ3v) is 3.45. The average molecular weight is 256 g/mol. The van der Waals surface area contributed by atoms with Crippen molar-refractivity contribution in [1.29, 1.82) is 0 Å². The Morgan fingerprint density at radius 2 is 2.35 bits per heavy atom. The molecule has 0 radical (unpaired) electrons. The molecule has 0 bridgehead atoms. The van der Waals surface area contributed by atoms with Crippen LogP contribution in [-0.4, -0.2) is 19.3 Å². The van der Waals surface area contributed by atoms with E-state index in [4.69, 9.17) is 26.8 Å². The lowest BCUT2D eigenvalue weighted by Gasteiger charge is -2.38. The topological polar surface area (TPSA) is 44.5 Å². The minimum absolute atomic E-state index is 0.0284. The van der Waals surface area contributed by atoms with Gasteiger partial charge < -0.3 is 15.2 Å². The number of hydrogen-bond donors (Lipinski definition) is 1. The first-order valence-electron chi connectivity index (χ1n) is 5.77. The highest BCUT2D eigenvalue weighted by atomic mass is 35.5. The molecule has 0 saturated heterocycles. The molecule has 94 valence electrons. The van der Waals surface area contributed by atoms with Crippen molar-refractivity contribution in [2.75, 3.05) is 13.7 Å². The van der Waals surface area contributed by atoms with Gasteiger partial charge in [-0.25, -0.2) is 0 Å². The molecule has 1 aromatic carbocycles. The monoisotopic (exact) mass is 255 g/mol. The summed E-state index contributed by atoms with van der Waals surface area (Å²) in [6.45, 7) is 2.75. The van der Waals surface area contributed by atoms with E-state index in [2.05, 4.69) is 6.92 Å². The fourth-order valence-corrected chi connectivity index (χ4v) is 2.44. The minimum atomic E-state index is -0.254. The van der Waals surface area contributed by atoms with Crippen LogP contribution in [0.2, 0.25) is 5.02 Å². The van der Waals surface area contributed by atoms with E-state index in [1.807, 2.05) is 18.2 Å². The largest absolute Gasteiger partial charge is 0.487 e. The smallest absolute Gasteiger partial charge is 0.125 e. The molecule has 4 heteroatoms. The number of halogens is 1. The van der Waals surface area contributed by atoms with Crippen LogP contribution < -0.4 is 10.5 Å². The third kappa shape index (κ3) is 2.73. The highest BCUT2D eigenvalue weighted by molar-refractivity contribution is 6.30. The van der Waals surface area contributed by atoms with Gasteiger partial charge in [0.1, 0.15) is 11.4 Å². The van der Waals surface area contributed by atoms with Crippen LogP contribution in [0.3, 0.4) is 0 Å². The van der Waals surface area contributed by atoms with Gasteiger partial charge in [0, 0.05) is 43.2 Å². The molecule has 1 heterocycles. The molecule has 2 N–H and O–H groups in total. The van der Waals surface area contributed by atoms with Crippen molar-refractivity contribution in [3.63, 3.8) is 0 Å². The molecule has 0 spiro atoms. The van der Waals surface area contributed by atoms with Gasteiger partial charge in [0.15, 0.2) is 0 Å². The second-order valence-electron chi connectivity index (χ2n) is 4.79. The quantitative estimate of drug-likeness (QED) is 0.903. The molecule has 17 heavy (non-hydrogen) atoms. The molecule has 0 aromatic heterocycles. The van der Waals surface area contributed by atoms with Crippen LogP contribution in [0.4, 0.5) is 0 Å². The number of hydrogen-bond acceptors (Lipinski definition) is 3. The number of benzene rings is 1. The molecule has 0 fully saturated rings. The van der Waals surface area contributed by atoms with Crippen LogP contribution >= 0.6 is 11.6 Å². The Kier molecular flexibility index (Phi) is 3.61. The molecule has 1 aliphatic rings. The van der Waals surface area contributed by atoms with Crippen molar-refractivity contribution in [3.05, 3.63) is 28.8 Å². The normalized spacial score (nSPS) is 27.4. The van der Waals surface area contributed by atoms with E-state index in [0.29, 0.717) is 11.6 Å². The molecule has 2 atom stereocenters. The summed E-state index contributed by atoms with van der Waals surface area (Å²) in [6, 6.07) is 5.58. The SMILES string of the molecule is COCCC1(C)CC(N)c2cc(Cl)ccc2O1. The molecule has 3 nitrogen and oxygen atoms in total. The molecule has 0 saturated carbocycles. The first-order valence-corrected chi connectivity index (χ1v) is 6.15. The summed E-state index contributed by atoms with van der Waals surface area (Å²) in [7, 11) is 1.69. The van der Waals surface area contributed by atoms with Gasteiger partial charge in [-0.05, 0) is 25.1 Å². The number of fused-ring (bicyclic) bond motifs is 1. The van der Waals surface area contributed by atoms with Crippen molar-refractivity contribution in [1.82, 2.24) is 0 Å². The van der Waals surface area contributed by atoms with E-state index < -0.39 is 0 Å². The summed E-state index contributed by atoms with van der Waals surface area (Å²) in [5.74, 6) is 0.840. The van der Waals surface area contributed by atoms with Crippen LogP contribution in [-0.2, 0) is 4.74 Å². The van der Waals surface area contributed by atoms with Crippen LogP contribution in [0.25, 0.3) is 0 Å². The Bertz CT molecular complexity index is 410. The Balaban J connectivity index is 2.23. The molecule has 2 unspecified atom stereocenters. The summed E-state index contributed by atoms with van der Waals surface area (Å²) in [4.78, 5) is 0. The van der Waals surface area contributed by atoms with Gasteiger partial charge in [-0.15, -0.1) is 0 Å². The fraction of sp³-hybridized carbons (Fsp3) is 0.538. The van der Waals surface area contributed by atoms with Gasteiger partial charge in [-0.1, -0.05) is 11.6 Å². The van der Waals surface area contributed by atoms with E-state index in [1.165, 1.54) is 0 Å². The Morgan fingerprint density at radius 3 is 3.06 bits per heavy atom. The predicted octanol–water partition coefficient (Wildman–Crippen LogP) is 2.92. The zero-order valence-electron chi connectivity index (χ0n) is 10.2. The average Bonchev–Trinajstić information content (AvgIpc) is 2.28. The predicted molar refractivity (Wildman–Crippen MR) is 68.5 cm³/mol. The van der Waals surface area contributed by atoms with Crippen LogP contribution in [0.1, 0.15) is 31.4 Å². The first kappa shape index (κ1) is 12.7. The fourth-order valence-electron chi connectivity index (χ4n) is 2.26. The Hall–Kier alpha value is -0.770. The van der Waals surface area contributed by atoms with Gasteiger partial charge in [-0.2, -0.15) is 0 Å². The van der Waals surface area contributed by atoms with E-state index in [9.17, 15) is 0 Å². The number of rotatable bonds is 3. The number of nitrogens with two attached hydrogens (primary N) is 1. The van der Waals surface area contributed by atoms with E-state index in [-0.39, 0.29) is 11.6 Å². The zero-order chi connectivity index (χ0) is 12.5. The highest BCUT2D eigenvalue weighted by Gasteiger charge is 2.35. The second-order valence-corrected chi connectivity index (χ2v) is 5.22. The lowest BCUT2D eigenvalue weighted by Crippen LogP contribution is -2.41. The maximum absolute atomic E-state index is 6.18. The van der Waals surface area contributed by atoms with Crippen molar-refractivity contribution < 1.29 is 9.47 Å². The zero-order valence-corrected chi connectivity index (χ0v) is 11.0. The lowest BCUT2D eigenvalue weighted by molar-refractivity contribution is 0.0215. The standard InChI is InChI=1S/C13H18ClNO2/c1-13(5-6-16-2)8-11(15)10-7-9(14)3-4-12(10)17-13/h3-4,7,11H,5-6,8,15H2,1-2H3. The van der Waals surface area contributed by atoms with Crippen LogP contribution in [0, 0.1) is 0 Å². The summed E-state index contributed by atoms with van der Waals surface area (Å²) in [5.41, 5.74) is 6.92. The number of ether oxygens (including phenoxy) is 2. The van der Waals surface area contributed by atoms with Crippen molar-refractivity contribution in [2.24, 2.45) is 5.73 Å². The molecular weight excluding hydrogens is 238 g/mol. The van der Waals surface area contributed by atoms with E-state index in [1.54, 1.807) is 7.11 Å². The van der Waals surface area contributed by atoms with E-state index >= 15 is 0 Å². The van der Waals surface area contributed by atoms with Gasteiger partial charge in [0.05, 0.1) is 0 Å². The Labute approximate surface area is 107 Å². The molecule has 1 aliphatic heterocycles. The molecular formula is C13H18ClNO2. The number of methoxy groups -OCH3 is 1. The Morgan fingerprint density at radius 1 is 1.59 bits per heavy atom. The third-order valence-electron chi connectivity index (χ3n) is 3.21. The highest BCUT2D eigenvalue weighted by Crippen LogP contribution is 2.40. The summed E-state index contributed by atoms with van der Waals surface area (Å²) >= 11 is 5.97. The van der Waals surface area contributed by atoms with Gasteiger partial charge in [-0.3, -0.25) is 0 Å². The first-order chi connectivity index (χ1) is 8.04. The van der Waals surface area contributed by atoms with Gasteiger partial charge in [0.2, 0.25) is 0 Å². The minimum Gasteiger partial charge on any atom is -0.487 e.